The number of halogens is 1. The molecule has 0 saturated heterocycles. The van der Waals surface area contributed by atoms with Gasteiger partial charge in [-0.25, -0.2) is 9.97 Å². The molecule has 0 aliphatic rings. The number of anilines is 1. The average Bonchev–Trinajstić information content (AvgIpc) is 3.29. The molecule has 0 amide bonds. The topological polar surface area (TPSA) is 50.7 Å². The molecule has 0 saturated carbocycles. The first-order valence-electron chi connectivity index (χ1n) is 9.52. The lowest BCUT2D eigenvalue weighted by Crippen LogP contribution is -2.04. The number of fused-ring (bicyclic) bond motifs is 1. The van der Waals surface area contributed by atoms with Gasteiger partial charge in [0.2, 0.25) is 0 Å². The summed E-state index contributed by atoms with van der Waals surface area (Å²) in [5.41, 5.74) is 3.15. The average molecular weight is 429 g/mol. The lowest BCUT2D eigenvalue weighted by molar-refractivity contribution is 1.09. The predicted octanol–water partition coefficient (Wildman–Crippen LogP) is 6.69. The van der Waals surface area contributed by atoms with Crippen LogP contribution in [0.25, 0.3) is 32.0 Å². The van der Waals surface area contributed by atoms with Crippen LogP contribution in [0.5, 0.6) is 0 Å². The van der Waals surface area contributed by atoms with Crippen molar-refractivity contribution in [3.05, 3.63) is 95.8 Å². The summed E-state index contributed by atoms with van der Waals surface area (Å²) in [6.45, 7) is 0.648. The molecule has 2 aromatic carbocycles. The Bertz CT molecular complexity index is 1300. The largest absolute Gasteiger partial charge is 0.365 e. The zero-order valence-corrected chi connectivity index (χ0v) is 17.5. The second kappa shape index (κ2) is 8.22. The maximum absolute atomic E-state index is 6.02. The fraction of sp³-hybridized carbons (Fsp3) is 0.0417. The summed E-state index contributed by atoms with van der Waals surface area (Å²) in [5, 5.41) is 5.19. The highest BCUT2D eigenvalue weighted by Gasteiger charge is 2.12. The number of nitrogens with zero attached hydrogens (tertiary/aromatic N) is 3. The van der Waals surface area contributed by atoms with Crippen LogP contribution < -0.4 is 5.32 Å². The molecule has 6 heteroatoms. The third-order valence-corrected chi connectivity index (χ3v) is 6.12. The van der Waals surface area contributed by atoms with Crippen molar-refractivity contribution >= 4 is 39.7 Å². The number of para-hydroxylation sites is 1. The molecule has 1 N–H and O–H groups in total. The number of hydrogen-bond acceptors (Lipinski definition) is 5. The van der Waals surface area contributed by atoms with E-state index in [1.54, 1.807) is 17.5 Å². The molecule has 3 heterocycles. The lowest BCUT2D eigenvalue weighted by atomic mass is 10.2. The Balaban J connectivity index is 1.51. The molecule has 3 aromatic heterocycles. The van der Waals surface area contributed by atoms with E-state index in [9.17, 15) is 0 Å². The number of hydrogen-bond donors (Lipinski definition) is 1. The fourth-order valence-electron chi connectivity index (χ4n) is 3.24. The standard InChI is InChI=1S/C24H17ClN4S/c25-18-9-7-17(8-10-18)21-11-12-22(30-21)24-28-20-6-2-1-5-19(20)23(29-24)27-15-16-4-3-13-26-14-16/h1-14H,15H2,(H,27,28,29). The second-order valence-corrected chi connectivity index (χ2v) is 8.32. The van der Waals surface area contributed by atoms with E-state index >= 15 is 0 Å². The van der Waals surface area contributed by atoms with Crippen LogP contribution in [0.15, 0.2) is 85.2 Å². The van der Waals surface area contributed by atoms with E-state index in [0.29, 0.717) is 12.4 Å². The molecule has 146 valence electrons. The van der Waals surface area contributed by atoms with Crippen LogP contribution in [0.2, 0.25) is 5.02 Å². The minimum Gasteiger partial charge on any atom is -0.365 e. The first kappa shape index (κ1) is 18.7. The van der Waals surface area contributed by atoms with Gasteiger partial charge >= 0.3 is 0 Å². The molecule has 0 bridgehead atoms. The molecule has 0 aliphatic carbocycles. The van der Waals surface area contributed by atoms with Gasteiger partial charge in [0.1, 0.15) is 5.82 Å². The molecule has 5 rings (SSSR count). The van der Waals surface area contributed by atoms with Gasteiger partial charge in [0, 0.05) is 34.2 Å². The highest BCUT2D eigenvalue weighted by molar-refractivity contribution is 7.18. The summed E-state index contributed by atoms with van der Waals surface area (Å²) >= 11 is 7.69. The number of aromatic nitrogens is 3. The van der Waals surface area contributed by atoms with E-state index in [-0.39, 0.29) is 0 Å². The molecule has 0 unspecified atom stereocenters. The van der Waals surface area contributed by atoms with E-state index in [4.69, 9.17) is 21.6 Å². The third-order valence-electron chi connectivity index (χ3n) is 4.74. The molecule has 0 aliphatic heterocycles. The Morgan fingerprint density at radius 3 is 2.50 bits per heavy atom. The van der Waals surface area contributed by atoms with Crippen molar-refractivity contribution in [2.45, 2.75) is 6.54 Å². The normalized spacial score (nSPS) is 11.0. The zero-order valence-electron chi connectivity index (χ0n) is 15.9. The fourth-order valence-corrected chi connectivity index (χ4v) is 4.31. The summed E-state index contributed by atoms with van der Waals surface area (Å²) in [5.74, 6) is 1.54. The Morgan fingerprint density at radius 1 is 0.833 bits per heavy atom. The minimum absolute atomic E-state index is 0.648. The van der Waals surface area contributed by atoms with Gasteiger partial charge in [-0.05, 0) is 53.6 Å². The van der Waals surface area contributed by atoms with Crippen LogP contribution >= 0.6 is 22.9 Å². The van der Waals surface area contributed by atoms with Gasteiger partial charge in [-0.2, -0.15) is 0 Å². The maximum Gasteiger partial charge on any atom is 0.172 e. The van der Waals surface area contributed by atoms with Crippen LogP contribution in [-0.2, 0) is 6.54 Å². The van der Waals surface area contributed by atoms with Crippen LogP contribution in [0.4, 0.5) is 5.82 Å². The van der Waals surface area contributed by atoms with Crippen LogP contribution in [0.3, 0.4) is 0 Å². The highest BCUT2D eigenvalue weighted by atomic mass is 35.5. The van der Waals surface area contributed by atoms with Crippen LogP contribution in [0, 0.1) is 0 Å². The Hall–Kier alpha value is -3.28. The number of rotatable bonds is 5. The molecule has 4 nitrogen and oxygen atoms in total. The van der Waals surface area contributed by atoms with Gasteiger partial charge in [0.25, 0.3) is 0 Å². The lowest BCUT2D eigenvalue weighted by Gasteiger charge is -2.10. The summed E-state index contributed by atoms with van der Waals surface area (Å²) in [6, 6.07) is 24.1. The third kappa shape index (κ3) is 3.90. The van der Waals surface area contributed by atoms with Gasteiger partial charge in [-0.15, -0.1) is 11.3 Å². The van der Waals surface area contributed by atoms with Gasteiger partial charge < -0.3 is 5.32 Å². The first-order valence-corrected chi connectivity index (χ1v) is 10.7. The number of thiophene rings is 1. The Kier molecular flexibility index (Phi) is 5.13. The number of pyridine rings is 1. The van der Waals surface area contributed by atoms with Gasteiger partial charge in [-0.1, -0.05) is 41.9 Å². The number of nitrogens with one attached hydrogen (secondary N) is 1. The summed E-state index contributed by atoms with van der Waals surface area (Å²) in [6.07, 6.45) is 3.63. The van der Waals surface area contributed by atoms with Crippen LogP contribution in [-0.4, -0.2) is 15.0 Å². The SMILES string of the molecule is Clc1ccc(-c2ccc(-c3nc(NCc4cccnc4)c4ccccc4n3)s2)cc1. The molecule has 0 spiro atoms. The van der Waals surface area contributed by atoms with Crippen molar-refractivity contribution in [3.63, 3.8) is 0 Å². The molecule has 0 atom stereocenters. The van der Waals surface area contributed by atoms with Crippen molar-refractivity contribution < 1.29 is 0 Å². The Morgan fingerprint density at radius 2 is 1.67 bits per heavy atom. The molecule has 0 fully saturated rings. The van der Waals surface area contributed by atoms with Crippen LogP contribution in [0.1, 0.15) is 5.56 Å². The van der Waals surface area contributed by atoms with Crippen molar-refractivity contribution in [1.82, 2.24) is 15.0 Å². The minimum atomic E-state index is 0.648. The van der Waals surface area contributed by atoms with Gasteiger partial charge in [0.05, 0.1) is 10.4 Å². The molecule has 30 heavy (non-hydrogen) atoms. The summed E-state index contributed by atoms with van der Waals surface area (Å²) in [7, 11) is 0. The van der Waals surface area contributed by atoms with Gasteiger partial charge in [0.15, 0.2) is 5.82 Å². The van der Waals surface area contributed by atoms with Crippen molar-refractivity contribution in [1.29, 1.82) is 0 Å². The molecular weight excluding hydrogens is 412 g/mol. The van der Waals surface area contributed by atoms with E-state index in [0.717, 1.165) is 42.6 Å². The predicted molar refractivity (Wildman–Crippen MR) is 125 cm³/mol. The quantitative estimate of drug-likeness (QED) is 0.339. The van der Waals surface area contributed by atoms with E-state index in [2.05, 4.69) is 22.4 Å². The monoisotopic (exact) mass is 428 g/mol. The smallest absolute Gasteiger partial charge is 0.172 e. The van der Waals surface area contributed by atoms with Crippen molar-refractivity contribution in [2.24, 2.45) is 0 Å². The molecule has 5 aromatic rings. The second-order valence-electron chi connectivity index (χ2n) is 6.80. The first-order chi connectivity index (χ1) is 14.8. The zero-order chi connectivity index (χ0) is 20.3. The number of benzene rings is 2. The summed E-state index contributed by atoms with van der Waals surface area (Å²) in [4.78, 5) is 16.0. The Labute approximate surface area is 183 Å². The molecule has 0 radical (unpaired) electrons. The highest BCUT2D eigenvalue weighted by Crippen LogP contribution is 2.35. The molecular formula is C24H17ClN4S. The van der Waals surface area contributed by atoms with Gasteiger partial charge in [-0.3, -0.25) is 4.98 Å². The van der Waals surface area contributed by atoms with Crippen molar-refractivity contribution in [2.75, 3.05) is 5.32 Å². The van der Waals surface area contributed by atoms with E-state index in [1.807, 2.05) is 66.9 Å². The van der Waals surface area contributed by atoms with E-state index < -0.39 is 0 Å². The van der Waals surface area contributed by atoms with Crippen molar-refractivity contribution in [3.8, 4) is 21.1 Å². The maximum atomic E-state index is 6.02. The summed E-state index contributed by atoms with van der Waals surface area (Å²) < 4.78 is 0. The van der Waals surface area contributed by atoms with E-state index in [1.165, 1.54) is 0 Å².